The lowest BCUT2D eigenvalue weighted by Crippen LogP contribution is -2.21. The molecule has 0 aliphatic heterocycles. The lowest BCUT2D eigenvalue weighted by atomic mass is 9.88. The molecule has 4 aliphatic carbocycles. The van der Waals surface area contributed by atoms with Crippen LogP contribution in [0.25, 0.3) is 0 Å². The number of carbonyl (C=O) groups excluding carboxylic acids is 4. The number of hydrazone groups is 2. The zero-order valence-electron chi connectivity index (χ0n) is 27.9. The Morgan fingerprint density at radius 3 is 1.47 bits per heavy atom. The molecule has 10 nitrogen and oxygen atoms in total. The van der Waals surface area contributed by atoms with Crippen molar-refractivity contribution in [2.75, 3.05) is 21.5 Å². The highest BCUT2D eigenvalue weighted by atomic mass is 35.5. The van der Waals surface area contributed by atoms with E-state index < -0.39 is 11.8 Å². The summed E-state index contributed by atoms with van der Waals surface area (Å²) in [6.07, 6.45) is 15.1. The number of fused-ring (bicyclic) bond motifs is 2. The van der Waals surface area contributed by atoms with Gasteiger partial charge in [0.1, 0.15) is 0 Å². The molecule has 0 bridgehead atoms. The SMILES string of the molecule is O=C1C=CC2=CC(C(=O)Nc3ccc(NC(=O)C4=C/C(=N/Nc5cc(Cl)ccc5Cl)C5=CC(=O)C=CC5=C4)c(Cl)c3)=C/C(=N/Nc3cc(Cl)ccc3Cl)C2=C1. The van der Waals surface area contributed by atoms with Gasteiger partial charge in [0.25, 0.3) is 11.8 Å². The molecule has 0 atom stereocenters. The van der Waals surface area contributed by atoms with Crippen LogP contribution in [0.15, 0.2) is 159 Å². The highest BCUT2D eigenvalue weighted by molar-refractivity contribution is 6.36. The van der Waals surface area contributed by atoms with Gasteiger partial charge in [0.15, 0.2) is 11.6 Å². The summed E-state index contributed by atoms with van der Waals surface area (Å²) >= 11 is 31.4. The number of hydrogen-bond donors (Lipinski definition) is 4. The molecule has 3 aromatic carbocycles. The lowest BCUT2D eigenvalue weighted by Gasteiger charge is -2.20. The van der Waals surface area contributed by atoms with E-state index in [1.54, 1.807) is 72.8 Å². The van der Waals surface area contributed by atoms with Gasteiger partial charge in [-0.25, -0.2) is 0 Å². The zero-order chi connectivity index (χ0) is 38.8. The third kappa shape index (κ3) is 8.65. The van der Waals surface area contributed by atoms with Crippen molar-refractivity contribution in [3.8, 4) is 0 Å². The van der Waals surface area contributed by atoms with Crippen LogP contribution in [0.5, 0.6) is 0 Å². The Bertz CT molecular complexity index is 2570. The van der Waals surface area contributed by atoms with Gasteiger partial charge >= 0.3 is 0 Å². The number of carbonyl (C=O) groups is 4. The summed E-state index contributed by atoms with van der Waals surface area (Å²) in [6, 6.07) is 14.3. The van der Waals surface area contributed by atoms with Crippen molar-refractivity contribution in [2.24, 2.45) is 10.2 Å². The number of amides is 2. The van der Waals surface area contributed by atoms with Crippen LogP contribution in [-0.2, 0) is 19.2 Å². The van der Waals surface area contributed by atoms with E-state index in [2.05, 4.69) is 31.7 Å². The average molecular weight is 829 g/mol. The molecule has 0 aromatic heterocycles. The van der Waals surface area contributed by atoms with E-state index in [9.17, 15) is 19.2 Å². The second-order valence-corrected chi connectivity index (χ2v) is 14.1. The predicted octanol–water partition coefficient (Wildman–Crippen LogP) is 9.63. The van der Waals surface area contributed by atoms with Crippen LogP contribution in [0, 0.1) is 0 Å². The van der Waals surface area contributed by atoms with E-state index in [0.29, 0.717) is 70.9 Å². The smallest absolute Gasteiger partial charge is 0.255 e. The number of anilines is 4. The Balaban J connectivity index is 1.08. The van der Waals surface area contributed by atoms with Crippen molar-refractivity contribution in [1.29, 1.82) is 0 Å². The molecule has 55 heavy (non-hydrogen) atoms. The van der Waals surface area contributed by atoms with Gasteiger partial charge in [0, 0.05) is 38.0 Å². The largest absolute Gasteiger partial charge is 0.322 e. The van der Waals surface area contributed by atoms with Crippen LogP contribution in [0.4, 0.5) is 22.7 Å². The monoisotopic (exact) mass is 826 g/mol. The molecule has 0 unspecified atom stereocenters. The summed E-state index contributed by atoms with van der Waals surface area (Å²) in [5, 5.41) is 16.2. The molecule has 272 valence electrons. The maximum Gasteiger partial charge on any atom is 0.255 e. The number of halogens is 5. The van der Waals surface area contributed by atoms with Crippen molar-refractivity contribution in [1.82, 2.24) is 0 Å². The molecule has 2 amide bonds. The number of nitrogens with zero attached hydrogens (tertiary/aromatic N) is 2. The Hall–Kier alpha value is -5.75. The van der Waals surface area contributed by atoms with E-state index in [1.807, 2.05) is 0 Å². The summed E-state index contributed by atoms with van der Waals surface area (Å²) < 4.78 is 0. The summed E-state index contributed by atoms with van der Waals surface area (Å²) in [6.45, 7) is 0. The fraction of sp³-hybridized carbons (Fsp3) is 0. The van der Waals surface area contributed by atoms with E-state index in [-0.39, 0.29) is 33.4 Å². The van der Waals surface area contributed by atoms with Crippen LogP contribution in [0.3, 0.4) is 0 Å². The summed E-state index contributed by atoms with van der Waals surface area (Å²) in [7, 11) is 0. The van der Waals surface area contributed by atoms with Gasteiger partial charge in [0.05, 0.1) is 43.6 Å². The first-order valence-electron chi connectivity index (χ1n) is 16.2. The standard InChI is InChI=1S/C40H23Cl5N6O4/c41-24-3-8-31(43)37(15-24)50-48-35-13-22(11-20-1-6-27(52)18-29(20)35)39(54)46-26-5-10-34(33(45)17-26)47-40(55)23-12-21-2-7-28(53)19-30(21)36(14-23)49-51-38-16-25(42)4-9-32(38)44/h1-19,50-51H,(H,46,54)(H,47,55)/b48-35-,49-36-. The molecule has 0 saturated carbocycles. The molecule has 4 N–H and O–H groups in total. The molecule has 3 aromatic rings. The second kappa shape index (κ2) is 15.9. The van der Waals surface area contributed by atoms with Crippen molar-refractivity contribution in [3.63, 3.8) is 0 Å². The van der Waals surface area contributed by atoms with Gasteiger partial charge in [-0.3, -0.25) is 30.0 Å². The first-order chi connectivity index (χ1) is 26.4. The summed E-state index contributed by atoms with van der Waals surface area (Å²) in [5.74, 6) is -1.45. The normalized spacial score (nSPS) is 17.3. The van der Waals surface area contributed by atoms with Crippen molar-refractivity contribution < 1.29 is 19.2 Å². The van der Waals surface area contributed by atoms with Gasteiger partial charge in [-0.1, -0.05) is 70.2 Å². The minimum atomic E-state index is -0.509. The van der Waals surface area contributed by atoms with Crippen molar-refractivity contribution >= 4 is 116 Å². The number of rotatable bonds is 8. The molecule has 0 radical (unpaired) electrons. The molecule has 4 aliphatic rings. The Labute approximate surface area is 338 Å². The summed E-state index contributed by atoms with van der Waals surface area (Å²) in [5.41, 5.74) is 10.5. The van der Waals surface area contributed by atoms with Crippen molar-refractivity contribution in [3.05, 3.63) is 174 Å². The van der Waals surface area contributed by atoms with Crippen LogP contribution in [0.1, 0.15) is 0 Å². The fourth-order valence-electron chi connectivity index (χ4n) is 5.58. The third-order valence-electron chi connectivity index (χ3n) is 8.26. The highest BCUT2D eigenvalue weighted by Crippen LogP contribution is 2.32. The molecule has 0 heterocycles. The fourth-order valence-corrected chi connectivity index (χ4v) is 6.47. The first-order valence-corrected chi connectivity index (χ1v) is 18.0. The quantitative estimate of drug-likeness (QED) is 0.167. The topological polar surface area (TPSA) is 141 Å². The molecule has 7 rings (SSSR count). The van der Waals surface area contributed by atoms with E-state index in [4.69, 9.17) is 58.0 Å². The number of hydrogen-bond acceptors (Lipinski definition) is 8. The number of allylic oxidation sites excluding steroid dienone is 12. The Morgan fingerprint density at radius 2 is 0.982 bits per heavy atom. The second-order valence-electron chi connectivity index (χ2n) is 12.1. The van der Waals surface area contributed by atoms with Crippen LogP contribution in [-0.4, -0.2) is 34.8 Å². The molecule has 0 fully saturated rings. The Kier molecular flexibility index (Phi) is 10.9. The minimum absolute atomic E-state index is 0.143. The van der Waals surface area contributed by atoms with Crippen molar-refractivity contribution in [2.45, 2.75) is 0 Å². The van der Waals surface area contributed by atoms with Gasteiger partial charge < -0.3 is 10.6 Å². The van der Waals surface area contributed by atoms with Crippen LogP contribution in [0.2, 0.25) is 25.1 Å². The highest BCUT2D eigenvalue weighted by Gasteiger charge is 2.25. The molecular formula is C40H23Cl5N6O4. The molecular weight excluding hydrogens is 806 g/mol. The number of benzene rings is 3. The van der Waals surface area contributed by atoms with Gasteiger partial charge in [-0.15, -0.1) is 0 Å². The van der Waals surface area contributed by atoms with E-state index in [0.717, 1.165) is 0 Å². The molecule has 0 spiro atoms. The van der Waals surface area contributed by atoms with E-state index in [1.165, 1.54) is 42.5 Å². The van der Waals surface area contributed by atoms with E-state index >= 15 is 0 Å². The minimum Gasteiger partial charge on any atom is -0.322 e. The first kappa shape index (κ1) is 37.6. The number of nitrogens with one attached hydrogen (secondary N) is 4. The summed E-state index contributed by atoms with van der Waals surface area (Å²) in [4.78, 5) is 51.5. The third-order valence-corrected chi connectivity index (χ3v) is 9.70. The van der Waals surface area contributed by atoms with Gasteiger partial charge in [-0.2, -0.15) is 10.2 Å². The molecule has 0 saturated heterocycles. The lowest BCUT2D eigenvalue weighted by molar-refractivity contribution is -0.113. The molecule has 15 heteroatoms. The van der Waals surface area contributed by atoms with Gasteiger partial charge in [-0.05, 0) is 114 Å². The average Bonchev–Trinajstić information content (AvgIpc) is 3.16. The Morgan fingerprint density at radius 1 is 0.491 bits per heavy atom. The van der Waals surface area contributed by atoms with Crippen LogP contribution < -0.4 is 21.5 Å². The predicted molar refractivity (Wildman–Crippen MR) is 221 cm³/mol. The number of ketones is 2. The van der Waals surface area contributed by atoms with Crippen LogP contribution >= 0.6 is 58.0 Å². The zero-order valence-corrected chi connectivity index (χ0v) is 31.7. The van der Waals surface area contributed by atoms with Gasteiger partial charge in [0.2, 0.25) is 0 Å². The maximum atomic E-state index is 13.5. The maximum absolute atomic E-state index is 13.5.